The second-order valence-corrected chi connectivity index (χ2v) is 8.20. The highest BCUT2D eigenvalue weighted by Crippen LogP contribution is 2.28. The van der Waals surface area contributed by atoms with Crippen LogP contribution < -0.4 is 0 Å². The molecule has 2 rings (SSSR count). The zero-order valence-electron chi connectivity index (χ0n) is 9.95. The maximum atomic E-state index is 12.3. The first-order chi connectivity index (χ1) is 8.95. The number of thiol groups is 1. The van der Waals surface area contributed by atoms with Crippen molar-refractivity contribution in [2.75, 3.05) is 31.9 Å². The van der Waals surface area contributed by atoms with E-state index in [0.717, 1.165) is 11.3 Å². The Morgan fingerprint density at radius 1 is 1.32 bits per heavy atom. The van der Waals surface area contributed by atoms with Gasteiger partial charge in [0, 0.05) is 26.2 Å². The molecule has 0 spiro atoms. The van der Waals surface area contributed by atoms with Crippen molar-refractivity contribution in [3.05, 3.63) is 16.5 Å². The summed E-state index contributed by atoms with van der Waals surface area (Å²) in [5.41, 5.74) is 0. The minimum atomic E-state index is -3.49. The molecule has 2 heterocycles. The highest BCUT2D eigenvalue weighted by Gasteiger charge is 2.30. The third kappa shape index (κ3) is 3.25. The lowest BCUT2D eigenvalue weighted by molar-refractivity contribution is -0.129. The number of amides is 1. The van der Waals surface area contributed by atoms with Gasteiger partial charge in [-0.1, -0.05) is 11.6 Å². The van der Waals surface area contributed by atoms with Crippen molar-refractivity contribution in [2.45, 2.75) is 4.21 Å². The summed E-state index contributed by atoms with van der Waals surface area (Å²) in [7, 11) is -3.49. The van der Waals surface area contributed by atoms with Crippen LogP contribution in [0.2, 0.25) is 4.34 Å². The second kappa shape index (κ2) is 6.01. The predicted octanol–water partition coefficient (Wildman–Crippen LogP) is 1.16. The molecule has 1 aliphatic heterocycles. The molecule has 1 aromatic rings. The van der Waals surface area contributed by atoms with E-state index >= 15 is 0 Å². The fourth-order valence-corrected chi connectivity index (χ4v) is 5.10. The van der Waals surface area contributed by atoms with Crippen LogP contribution in [0.1, 0.15) is 0 Å². The number of piperazine rings is 1. The van der Waals surface area contributed by atoms with Gasteiger partial charge in [-0.25, -0.2) is 8.42 Å². The Balaban J connectivity index is 2.07. The standard InChI is InChI=1S/C10H13ClN2O3S3/c11-8-1-2-10(18-8)19(15,16)13-5-3-12(4-6-13)9(14)7-17/h1-2,17H,3-7H2. The molecule has 0 radical (unpaired) electrons. The van der Waals surface area contributed by atoms with Gasteiger partial charge in [-0.2, -0.15) is 16.9 Å². The molecule has 0 atom stereocenters. The molecule has 0 N–H and O–H groups in total. The fourth-order valence-electron chi connectivity index (χ4n) is 1.84. The van der Waals surface area contributed by atoms with E-state index in [4.69, 9.17) is 11.6 Å². The Bertz CT molecular complexity index is 564. The second-order valence-electron chi connectivity index (χ2n) is 4.00. The Morgan fingerprint density at radius 2 is 1.95 bits per heavy atom. The van der Waals surface area contributed by atoms with Gasteiger partial charge in [0.15, 0.2) is 0 Å². The molecular formula is C10H13ClN2O3S3. The van der Waals surface area contributed by atoms with Gasteiger partial charge >= 0.3 is 0 Å². The SMILES string of the molecule is O=C(CS)N1CCN(S(=O)(=O)c2ccc(Cl)s2)CC1. The first kappa shape index (κ1) is 15.1. The van der Waals surface area contributed by atoms with Crippen molar-refractivity contribution >= 4 is 51.5 Å². The molecule has 9 heteroatoms. The van der Waals surface area contributed by atoms with Crippen LogP contribution in [0.25, 0.3) is 0 Å². The summed E-state index contributed by atoms with van der Waals surface area (Å²) in [5.74, 6) is 0.0763. The highest BCUT2D eigenvalue weighted by atomic mass is 35.5. The van der Waals surface area contributed by atoms with Crippen molar-refractivity contribution in [3.63, 3.8) is 0 Å². The number of nitrogens with zero attached hydrogens (tertiary/aromatic N) is 2. The van der Waals surface area contributed by atoms with Gasteiger partial charge in [0.05, 0.1) is 10.1 Å². The summed E-state index contributed by atoms with van der Waals surface area (Å²) >= 11 is 10.7. The predicted molar refractivity (Wildman–Crippen MR) is 78.5 cm³/mol. The molecule has 0 aromatic carbocycles. The summed E-state index contributed by atoms with van der Waals surface area (Å²) in [6.07, 6.45) is 0. The maximum Gasteiger partial charge on any atom is 0.252 e. The lowest BCUT2D eigenvalue weighted by Crippen LogP contribution is -2.50. The maximum absolute atomic E-state index is 12.3. The van der Waals surface area contributed by atoms with Crippen molar-refractivity contribution in [2.24, 2.45) is 0 Å². The molecule has 19 heavy (non-hydrogen) atoms. The van der Waals surface area contributed by atoms with E-state index in [1.165, 1.54) is 10.4 Å². The number of thiophene rings is 1. The van der Waals surface area contributed by atoms with Crippen LogP contribution in [-0.4, -0.2) is 55.5 Å². The third-order valence-electron chi connectivity index (χ3n) is 2.87. The number of halogens is 1. The largest absolute Gasteiger partial charge is 0.339 e. The number of rotatable bonds is 3. The van der Waals surface area contributed by atoms with Gasteiger partial charge in [0.1, 0.15) is 4.21 Å². The average molecular weight is 341 g/mol. The van der Waals surface area contributed by atoms with E-state index in [-0.39, 0.29) is 15.9 Å². The number of carbonyl (C=O) groups excluding carboxylic acids is 1. The fraction of sp³-hybridized carbons (Fsp3) is 0.500. The molecule has 1 saturated heterocycles. The Labute approximate surface area is 126 Å². The smallest absolute Gasteiger partial charge is 0.252 e. The topological polar surface area (TPSA) is 57.7 Å². The first-order valence-corrected chi connectivity index (χ1v) is 8.86. The summed E-state index contributed by atoms with van der Waals surface area (Å²) < 4.78 is 26.7. The first-order valence-electron chi connectivity index (χ1n) is 5.59. The van der Waals surface area contributed by atoms with Crippen LogP contribution in [0.15, 0.2) is 16.3 Å². The van der Waals surface area contributed by atoms with E-state index in [2.05, 4.69) is 12.6 Å². The summed E-state index contributed by atoms with van der Waals surface area (Å²) in [5, 5.41) is 0. The molecule has 1 aromatic heterocycles. The van der Waals surface area contributed by atoms with Gasteiger partial charge in [-0.05, 0) is 12.1 Å². The molecule has 1 aliphatic rings. The van der Waals surface area contributed by atoms with Crippen molar-refractivity contribution in [1.82, 2.24) is 9.21 Å². The number of sulfonamides is 1. The third-order valence-corrected chi connectivity index (χ3v) is 6.74. The Morgan fingerprint density at radius 3 is 2.42 bits per heavy atom. The van der Waals surface area contributed by atoms with E-state index in [9.17, 15) is 13.2 Å². The van der Waals surface area contributed by atoms with Gasteiger partial charge in [-0.3, -0.25) is 4.79 Å². The van der Waals surface area contributed by atoms with Crippen molar-refractivity contribution < 1.29 is 13.2 Å². The van der Waals surface area contributed by atoms with Crippen LogP contribution in [-0.2, 0) is 14.8 Å². The van der Waals surface area contributed by atoms with Gasteiger partial charge in [0.25, 0.3) is 10.0 Å². The number of hydrogen-bond donors (Lipinski definition) is 1. The zero-order valence-corrected chi connectivity index (χ0v) is 13.2. The molecule has 0 aliphatic carbocycles. The Kier molecular flexibility index (Phi) is 4.78. The van der Waals surface area contributed by atoms with Gasteiger partial charge in [-0.15, -0.1) is 11.3 Å². The van der Waals surface area contributed by atoms with Crippen LogP contribution in [0.4, 0.5) is 0 Å². The molecule has 106 valence electrons. The lowest BCUT2D eigenvalue weighted by Gasteiger charge is -2.33. The molecule has 1 amide bonds. The highest BCUT2D eigenvalue weighted by molar-refractivity contribution is 7.91. The molecule has 0 bridgehead atoms. The van der Waals surface area contributed by atoms with Crippen LogP contribution in [0.5, 0.6) is 0 Å². The Hall–Kier alpha value is -0.280. The van der Waals surface area contributed by atoms with Crippen molar-refractivity contribution in [1.29, 1.82) is 0 Å². The minimum absolute atomic E-state index is 0.0699. The zero-order chi connectivity index (χ0) is 14.0. The number of carbonyl (C=O) groups is 1. The summed E-state index contributed by atoms with van der Waals surface area (Å²) in [6.45, 7) is 1.41. The van der Waals surface area contributed by atoms with E-state index in [1.54, 1.807) is 11.0 Å². The lowest BCUT2D eigenvalue weighted by atomic mass is 10.3. The van der Waals surface area contributed by atoms with E-state index in [0.29, 0.717) is 30.5 Å². The van der Waals surface area contributed by atoms with Crippen LogP contribution in [0.3, 0.4) is 0 Å². The monoisotopic (exact) mass is 340 g/mol. The van der Waals surface area contributed by atoms with Gasteiger partial charge in [0.2, 0.25) is 5.91 Å². The average Bonchev–Trinajstić information content (AvgIpc) is 2.85. The summed E-state index contributed by atoms with van der Waals surface area (Å²) in [6, 6.07) is 3.08. The van der Waals surface area contributed by atoms with Crippen molar-refractivity contribution in [3.8, 4) is 0 Å². The normalized spacial score (nSPS) is 17.7. The van der Waals surface area contributed by atoms with Gasteiger partial charge < -0.3 is 4.90 Å². The summed E-state index contributed by atoms with van der Waals surface area (Å²) in [4.78, 5) is 13.1. The molecule has 5 nitrogen and oxygen atoms in total. The van der Waals surface area contributed by atoms with Crippen LogP contribution >= 0.6 is 35.6 Å². The van der Waals surface area contributed by atoms with E-state index in [1.807, 2.05) is 0 Å². The minimum Gasteiger partial charge on any atom is -0.339 e. The molecule has 1 fully saturated rings. The van der Waals surface area contributed by atoms with E-state index < -0.39 is 10.0 Å². The molecule has 0 saturated carbocycles. The molecular weight excluding hydrogens is 328 g/mol. The quantitative estimate of drug-likeness (QED) is 0.840. The van der Waals surface area contributed by atoms with Crippen LogP contribution in [0, 0.1) is 0 Å². The molecule has 0 unspecified atom stereocenters. The number of hydrogen-bond acceptors (Lipinski definition) is 5.